The van der Waals surface area contributed by atoms with Gasteiger partial charge in [-0.1, -0.05) is 306 Å². The Hall–Kier alpha value is -2.55. The number of esters is 1. The van der Waals surface area contributed by atoms with Crippen LogP contribution in [0.4, 0.5) is 0 Å². The molecule has 9 nitrogen and oxygen atoms in total. The second-order valence-corrected chi connectivity index (χ2v) is 26.1. The van der Waals surface area contributed by atoms with Crippen LogP contribution in [0.25, 0.3) is 0 Å². The molecule has 0 heterocycles. The van der Waals surface area contributed by atoms with Crippen molar-refractivity contribution in [3.05, 3.63) is 72.9 Å². The molecule has 0 aromatic carbocycles. The van der Waals surface area contributed by atoms with Gasteiger partial charge in [0.05, 0.1) is 33.8 Å². The fraction of sp³-hybridized carbons (Fsp3) is 0.806. The minimum atomic E-state index is -4.46. The van der Waals surface area contributed by atoms with Gasteiger partial charge in [-0.2, -0.15) is 0 Å². The summed E-state index contributed by atoms with van der Waals surface area (Å²) in [5.41, 5.74) is 0. The molecule has 0 bridgehead atoms. The zero-order valence-corrected chi connectivity index (χ0v) is 55.6. The second kappa shape index (κ2) is 61.5. The van der Waals surface area contributed by atoms with E-state index in [4.69, 9.17) is 13.8 Å². The Balaban J connectivity index is 5.12. The number of likely N-dealkylation sites (N-methyl/N-ethyl adjacent to an activating group) is 1. The van der Waals surface area contributed by atoms with Gasteiger partial charge in [0.1, 0.15) is 19.3 Å². The summed E-state index contributed by atoms with van der Waals surface area (Å²) in [6, 6.07) is -0.858. The topological polar surface area (TPSA) is 111 Å². The molecule has 0 saturated carbocycles. The van der Waals surface area contributed by atoms with Crippen LogP contribution in [0.5, 0.6) is 0 Å². The summed E-state index contributed by atoms with van der Waals surface area (Å²) in [6.45, 7) is 6.92. The van der Waals surface area contributed by atoms with Gasteiger partial charge in [-0.05, 0) is 76.7 Å². The van der Waals surface area contributed by atoms with Crippen molar-refractivity contribution in [1.82, 2.24) is 5.32 Å². The number of amides is 1. The fourth-order valence-corrected chi connectivity index (χ4v) is 10.8. The third-order valence-electron chi connectivity index (χ3n) is 15.4. The van der Waals surface area contributed by atoms with Crippen molar-refractivity contribution in [2.75, 3.05) is 40.9 Å². The molecule has 0 aliphatic carbocycles. The van der Waals surface area contributed by atoms with Crippen LogP contribution in [0.3, 0.4) is 0 Å². The molecular formula is C72H134N2O7P+. The number of hydrogen-bond donors (Lipinski definition) is 2. The van der Waals surface area contributed by atoms with Crippen LogP contribution >= 0.6 is 7.82 Å². The van der Waals surface area contributed by atoms with Crippen molar-refractivity contribution >= 4 is 19.7 Å². The first-order valence-electron chi connectivity index (χ1n) is 34.8. The summed E-state index contributed by atoms with van der Waals surface area (Å²) in [5.74, 6) is -0.516. The van der Waals surface area contributed by atoms with E-state index in [1.165, 1.54) is 180 Å². The maximum Gasteiger partial charge on any atom is 0.472 e. The summed E-state index contributed by atoms with van der Waals surface area (Å²) >= 11 is 0. The Kier molecular flexibility index (Phi) is 59.6. The van der Waals surface area contributed by atoms with Crippen LogP contribution in [0.2, 0.25) is 0 Å². The number of nitrogens with one attached hydrogen (secondary N) is 1. The Bertz CT molecular complexity index is 1630. The first-order chi connectivity index (χ1) is 39.9. The van der Waals surface area contributed by atoms with E-state index in [9.17, 15) is 19.0 Å². The number of hydrogen-bond acceptors (Lipinski definition) is 6. The fourth-order valence-electron chi connectivity index (χ4n) is 10.1. The average molecular weight is 1170 g/mol. The highest BCUT2D eigenvalue weighted by Crippen LogP contribution is 2.43. The molecule has 82 heavy (non-hydrogen) atoms. The highest BCUT2D eigenvalue weighted by atomic mass is 31.2. The molecule has 2 N–H and O–H groups in total. The van der Waals surface area contributed by atoms with E-state index in [1.807, 2.05) is 33.3 Å². The molecule has 0 aliphatic heterocycles. The van der Waals surface area contributed by atoms with Gasteiger partial charge in [0.15, 0.2) is 0 Å². The zero-order valence-electron chi connectivity index (χ0n) is 54.7. The highest BCUT2D eigenvalue weighted by Gasteiger charge is 2.30. The van der Waals surface area contributed by atoms with Crippen molar-refractivity contribution in [2.45, 2.75) is 335 Å². The molecule has 0 aromatic rings. The molecule has 478 valence electrons. The smallest absolute Gasteiger partial charge is 0.456 e. The van der Waals surface area contributed by atoms with E-state index in [-0.39, 0.29) is 31.5 Å². The van der Waals surface area contributed by atoms with Gasteiger partial charge in [0, 0.05) is 12.8 Å². The van der Waals surface area contributed by atoms with Crippen LogP contribution in [0.15, 0.2) is 72.9 Å². The van der Waals surface area contributed by atoms with E-state index in [0.717, 1.165) is 103 Å². The molecule has 0 aliphatic rings. The lowest BCUT2D eigenvalue weighted by atomic mass is 10.0. The quantitative estimate of drug-likeness (QED) is 0.0205. The lowest BCUT2D eigenvalue weighted by Crippen LogP contribution is -2.47. The normalized spacial score (nSPS) is 14.0. The van der Waals surface area contributed by atoms with Gasteiger partial charge < -0.3 is 19.4 Å². The molecule has 10 heteroatoms. The lowest BCUT2D eigenvalue weighted by Gasteiger charge is -2.27. The third-order valence-corrected chi connectivity index (χ3v) is 16.4. The maximum atomic E-state index is 13.6. The van der Waals surface area contributed by atoms with Gasteiger partial charge in [-0.3, -0.25) is 18.6 Å². The Labute approximate surface area is 508 Å². The van der Waals surface area contributed by atoms with Crippen molar-refractivity contribution in [3.8, 4) is 0 Å². The number of rotatable bonds is 63. The van der Waals surface area contributed by atoms with Crippen LogP contribution in [-0.4, -0.2) is 74.3 Å². The van der Waals surface area contributed by atoms with E-state index in [2.05, 4.69) is 86.8 Å². The SMILES string of the molecule is CC/C=C\C/C=C\C/C=C\C/C=C\C/C=C\CCCCCCCC(=O)OC(/C=C/CCCCCCCCCCCC)C(COP(=O)(O)OCC[N+](C)(C)C)NC(=O)CCCCCCCCCCCCCCCCCCCCCCCCC. The molecule has 0 fully saturated rings. The van der Waals surface area contributed by atoms with Gasteiger partial charge >= 0.3 is 13.8 Å². The summed E-state index contributed by atoms with van der Waals surface area (Å²) in [4.78, 5) is 37.9. The monoisotopic (exact) mass is 1170 g/mol. The average Bonchev–Trinajstić information content (AvgIpc) is 3.44. The van der Waals surface area contributed by atoms with E-state index >= 15 is 0 Å². The van der Waals surface area contributed by atoms with Crippen molar-refractivity contribution in [1.29, 1.82) is 0 Å². The number of carbonyl (C=O) groups excluding carboxylic acids is 2. The molecule has 0 radical (unpaired) electrons. The van der Waals surface area contributed by atoms with Crippen LogP contribution in [-0.2, 0) is 27.9 Å². The largest absolute Gasteiger partial charge is 0.472 e. The summed E-state index contributed by atoms with van der Waals surface area (Å²) < 4.78 is 30.8. The van der Waals surface area contributed by atoms with Crippen molar-refractivity contribution < 1.29 is 37.3 Å². The molecule has 3 atom stereocenters. The predicted octanol–water partition coefficient (Wildman–Crippen LogP) is 22.0. The van der Waals surface area contributed by atoms with Crippen molar-refractivity contribution in [3.63, 3.8) is 0 Å². The Morgan fingerprint density at radius 2 is 0.780 bits per heavy atom. The molecule has 0 saturated heterocycles. The summed E-state index contributed by atoms with van der Waals surface area (Å²) in [7, 11) is 1.49. The molecule has 3 unspecified atom stereocenters. The maximum absolute atomic E-state index is 13.6. The molecular weight excluding hydrogens is 1040 g/mol. The molecule has 0 spiro atoms. The highest BCUT2D eigenvalue weighted by molar-refractivity contribution is 7.47. The van der Waals surface area contributed by atoms with E-state index in [0.29, 0.717) is 23.9 Å². The van der Waals surface area contributed by atoms with Crippen molar-refractivity contribution in [2.24, 2.45) is 0 Å². The molecule has 1 amide bonds. The van der Waals surface area contributed by atoms with E-state index in [1.54, 1.807) is 0 Å². The Morgan fingerprint density at radius 1 is 0.439 bits per heavy atom. The minimum Gasteiger partial charge on any atom is -0.456 e. The number of ether oxygens (including phenoxy) is 1. The van der Waals surface area contributed by atoms with Gasteiger partial charge in [0.2, 0.25) is 5.91 Å². The molecule has 0 rings (SSSR count). The third kappa shape index (κ3) is 62.0. The number of phosphoric ester groups is 1. The number of quaternary nitrogens is 1. The lowest BCUT2D eigenvalue weighted by molar-refractivity contribution is -0.870. The van der Waals surface area contributed by atoms with E-state index < -0.39 is 20.0 Å². The van der Waals surface area contributed by atoms with Gasteiger partial charge in [0.25, 0.3) is 0 Å². The Morgan fingerprint density at radius 3 is 1.17 bits per heavy atom. The second-order valence-electron chi connectivity index (χ2n) is 24.7. The standard InChI is InChI=1S/C72H133N2O7P/c1-7-10-13-16-19-22-25-28-30-32-34-36-37-39-40-42-44-46-49-52-55-58-61-64-71(75)73-69(68-80-82(77,78)79-67-66-74(4,5)6)70(63-60-57-54-51-48-27-24-21-18-15-12-9-3)81-72(76)65-62-59-56-53-50-47-45-43-41-38-35-33-31-29-26-23-20-17-14-11-8-2/h11,14,20,23,29,31,35,38,43,45,60,63,69-70H,7-10,12-13,15-19,21-22,24-28,30,32-34,36-37,39-42,44,46-59,61-62,64-68H2,1-6H3,(H-,73,75,77,78)/p+1/b14-11-,23-20-,31-29-,38-35-,45-43-,63-60+. The zero-order chi connectivity index (χ0) is 60.0. The number of carbonyl (C=O) groups is 2. The van der Waals surface area contributed by atoms with Gasteiger partial charge in [-0.15, -0.1) is 0 Å². The first kappa shape index (κ1) is 79.5. The number of allylic oxidation sites excluding steroid dienone is 11. The first-order valence-corrected chi connectivity index (χ1v) is 36.3. The van der Waals surface area contributed by atoms with Gasteiger partial charge in [-0.25, -0.2) is 4.57 Å². The number of unbranched alkanes of at least 4 members (excludes halogenated alkanes) is 37. The number of phosphoric acid groups is 1. The predicted molar refractivity (Wildman–Crippen MR) is 355 cm³/mol. The minimum absolute atomic E-state index is 0.0361. The van der Waals surface area contributed by atoms with Crippen LogP contribution in [0.1, 0.15) is 323 Å². The molecule has 0 aromatic heterocycles. The summed E-state index contributed by atoms with van der Waals surface area (Å²) in [6.07, 6.45) is 80.5. The van der Waals surface area contributed by atoms with Crippen LogP contribution in [0, 0.1) is 0 Å². The summed E-state index contributed by atoms with van der Waals surface area (Å²) in [5, 5.41) is 3.07. The number of nitrogens with zero attached hydrogens (tertiary/aromatic N) is 1. The van der Waals surface area contributed by atoms with Crippen LogP contribution < -0.4 is 5.32 Å².